The Morgan fingerprint density at radius 2 is 1.78 bits per heavy atom. The molecule has 4 aromatic rings. The number of aliphatic hydroxyl groups is 2. The second-order valence-corrected chi connectivity index (χ2v) is 12.5. The summed E-state index contributed by atoms with van der Waals surface area (Å²) in [5, 5.41) is 24.8. The van der Waals surface area contributed by atoms with Gasteiger partial charge in [0.25, 0.3) is 0 Å². The number of hydrogen-bond acceptors (Lipinski definition) is 9. The number of pyridine rings is 1. The van der Waals surface area contributed by atoms with Crippen molar-refractivity contribution in [2.45, 2.75) is 24.3 Å². The van der Waals surface area contributed by atoms with Gasteiger partial charge in [0.2, 0.25) is 25.8 Å². The van der Waals surface area contributed by atoms with E-state index in [1.165, 1.54) is 36.5 Å². The fourth-order valence-corrected chi connectivity index (χ4v) is 6.06. The molecule has 41 heavy (non-hydrogen) atoms. The minimum Gasteiger partial charge on any atom is -0.394 e. The number of nitrogens with one attached hydrogen (secondary N) is 3. The molecule has 12 nitrogen and oxygen atoms in total. The maximum Gasteiger partial charge on any atom is 0.240 e. The Kier molecular flexibility index (Phi) is 8.79. The number of carbonyl (C=O) groups excluding carboxylic acids is 1. The highest BCUT2D eigenvalue weighted by molar-refractivity contribution is 7.92. The summed E-state index contributed by atoms with van der Waals surface area (Å²) in [7, 11) is -7.90. The van der Waals surface area contributed by atoms with E-state index in [4.69, 9.17) is 5.11 Å². The van der Waals surface area contributed by atoms with Crippen LogP contribution in [0.25, 0.3) is 22.2 Å². The van der Waals surface area contributed by atoms with Crippen molar-refractivity contribution in [3.8, 4) is 11.1 Å². The number of fused-ring (bicyclic) bond motifs is 1. The Balaban J connectivity index is 1.67. The molecule has 16 heteroatoms. The Labute approximate surface area is 233 Å². The molecule has 218 valence electrons. The van der Waals surface area contributed by atoms with E-state index in [9.17, 15) is 31.1 Å². The molecule has 1 atom stereocenters. The van der Waals surface area contributed by atoms with Gasteiger partial charge in [-0.1, -0.05) is 19.1 Å². The molecule has 2 aromatic carbocycles. The van der Waals surface area contributed by atoms with Gasteiger partial charge in [-0.05, 0) is 42.3 Å². The lowest BCUT2D eigenvalue weighted by atomic mass is 10.0. The summed E-state index contributed by atoms with van der Waals surface area (Å²) in [6.07, 6.45) is 0.407. The highest BCUT2D eigenvalue weighted by Crippen LogP contribution is 2.29. The highest BCUT2D eigenvalue weighted by Gasteiger charge is 2.27. The van der Waals surface area contributed by atoms with Gasteiger partial charge < -0.3 is 10.2 Å². The molecule has 0 amide bonds. The van der Waals surface area contributed by atoms with Gasteiger partial charge in [-0.3, -0.25) is 14.6 Å². The van der Waals surface area contributed by atoms with E-state index in [-0.39, 0.29) is 40.3 Å². The minimum absolute atomic E-state index is 0.111. The highest BCUT2D eigenvalue weighted by atomic mass is 32.2. The zero-order chi connectivity index (χ0) is 29.9. The number of sulfonamides is 2. The van der Waals surface area contributed by atoms with Crippen LogP contribution in [-0.4, -0.2) is 73.0 Å². The molecule has 2 heterocycles. The van der Waals surface area contributed by atoms with Crippen LogP contribution >= 0.6 is 0 Å². The predicted octanol–water partition coefficient (Wildman–Crippen LogP) is 1.92. The van der Waals surface area contributed by atoms with Crippen molar-refractivity contribution in [3.05, 3.63) is 71.6 Å². The number of H-pyrrole nitrogens is 1. The number of hydrogen-bond donors (Lipinski definition) is 5. The number of aromatic amines is 1. The van der Waals surface area contributed by atoms with Crippen molar-refractivity contribution in [3.63, 3.8) is 0 Å². The van der Waals surface area contributed by atoms with E-state index in [0.29, 0.717) is 11.1 Å². The summed E-state index contributed by atoms with van der Waals surface area (Å²) in [5.41, 5.74) is -0.929. The SMILES string of the molecule is CCCS(=O)(=O)Nc1ccc(F)c(C(=O)c2n[nH]c3ncc(-c4ccc(S(=O)(=O)NCC(O)CO)cc4)cc23)c1F. The molecule has 0 saturated heterocycles. The van der Waals surface area contributed by atoms with Crippen LogP contribution in [0.3, 0.4) is 0 Å². The molecule has 0 aliphatic rings. The number of aromatic nitrogens is 3. The summed E-state index contributed by atoms with van der Waals surface area (Å²) in [6, 6.07) is 8.65. The molecule has 4 rings (SSSR count). The third-order valence-electron chi connectivity index (χ3n) is 5.91. The second-order valence-electron chi connectivity index (χ2n) is 8.94. The van der Waals surface area contributed by atoms with E-state index < -0.39 is 61.4 Å². The number of benzene rings is 2. The van der Waals surface area contributed by atoms with Crippen molar-refractivity contribution < 1.29 is 40.6 Å². The van der Waals surface area contributed by atoms with Gasteiger partial charge in [-0.15, -0.1) is 0 Å². The summed E-state index contributed by atoms with van der Waals surface area (Å²) < 4.78 is 83.1. The van der Waals surface area contributed by atoms with Crippen LogP contribution in [-0.2, 0) is 20.0 Å². The maximum atomic E-state index is 15.2. The molecule has 0 aliphatic heterocycles. The lowest BCUT2D eigenvalue weighted by Crippen LogP contribution is -2.33. The standard InChI is InChI=1S/C25H25F2N5O7S2/c1-2-9-40(36,37)32-20-8-7-19(26)21(22(20)27)24(35)23-18-10-15(11-28-25(18)31-30-23)14-3-5-17(6-4-14)41(38,39)29-12-16(34)13-33/h3-8,10-11,16,29,32-34H,2,9,12-13H2,1H3,(H,28,30,31). The largest absolute Gasteiger partial charge is 0.394 e. The van der Waals surface area contributed by atoms with Crippen LogP contribution in [0, 0.1) is 11.6 Å². The van der Waals surface area contributed by atoms with Gasteiger partial charge in [0.1, 0.15) is 11.5 Å². The lowest BCUT2D eigenvalue weighted by molar-refractivity contribution is 0.0988. The average Bonchev–Trinajstić information content (AvgIpc) is 3.36. The summed E-state index contributed by atoms with van der Waals surface area (Å²) >= 11 is 0. The Bertz CT molecular complexity index is 1810. The van der Waals surface area contributed by atoms with Crippen molar-refractivity contribution >= 4 is 42.6 Å². The van der Waals surface area contributed by atoms with E-state index in [2.05, 4.69) is 19.9 Å². The second kappa shape index (κ2) is 12.0. The number of halogens is 2. The number of ketones is 1. The van der Waals surface area contributed by atoms with Gasteiger partial charge in [0.15, 0.2) is 11.5 Å². The molecular weight excluding hydrogens is 584 g/mol. The van der Waals surface area contributed by atoms with Crippen LogP contribution < -0.4 is 9.44 Å². The van der Waals surface area contributed by atoms with Crippen LogP contribution in [0.5, 0.6) is 0 Å². The quantitative estimate of drug-likeness (QED) is 0.149. The fourth-order valence-electron chi connectivity index (χ4n) is 3.86. The van der Waals surface area contributed by atoms with Crippen LogP contribution in [0.2, 0.25) is 0 Å². The average molecular weight is 610 g/mol. The van der Waals surface area contributed by atoms with E-state index in [0.717, 1.165) is 12.1 Å². The first-order valence-corrected chi connectivity index (χ1v) is 15.3. The molecule has 0 spiro atoms. The number of carbonyl (C=O) groups is 1. The van der Waals surface area contributed by atoms with E-state index in [1.54, 1.807) is 6.92 Å². The third kappa shape index (κ3) is 6.57. The molecule has 1 unspecified atom stereocenters. The van der Waals surface area contributed by atoms with Crippen molar-refractivity contribution in [2.24, 2.45) is 0 Å². The molecule has 0 aliphatic carbocycles. The molecule has 0 saturated carbocycles. The molecule has 0 fully saturated rings. The smallest absolute Gasteiger partial charge is 0.240 e. The van der Waals surface area contributed by atoms with Crippen LogP contribution in [0.4, 0.5) is 14.5 Å². The van der Waals surface area contributed by atoms with Crippen LogP contribution in [0.15, 0.2) is 53.6 Å². The Morgan fingerprint density at radius 1 is 1.07 bits per heavy atom. The van der Waals surface area contributed by atoms with Gasteiger partial charge in [0.05, 0.1) is 40.0 Å². The van der Waals surface area contributed by atoms with E-state index >= 15 is 4.39 Å². The predicted molar refractivity (Wildman–Crippen MR) is 145 cm³/mol. The van der Waals surface area contributed by atoms with Crippen molar-refractivity contribution in [1.82, 2.24) is 19.9 Å². The molecule has 0 bridgehead atoms. The van der Waals surface area contributed by atoms with Gasteiger partial charge in [-0.25, -0.2) is 35.3 Å². The zero-order valence-electron chi connectivity index (χ0n) is 21.4. The third-order valence-corrected chi connectivity index (χ3v) is 8.82. The molecule has 2 aromatic heterocycles. The number of rotatable bonds is 12. The van der Waals surface area contributed by atoms with Crippen LogP contribution in [0.1, 0.15) is 29.4 Å². The Morgan fingerprint density at radius 3 is 2.44 bits per heavy atom. The molecule has 0 radical (unpaired) electrons. The zero-order valence-corrected chi connectivity index (χ0v) is 23.1. The van der Waals surface area contributed by atoms with Gasteiger partial charge in [0, 0.05) is 18.3 Å². The fraction of sp³-hybridized carbons (Fsp3) is 0.240. The van der Waals surface area contributed by atoms with Gasteiger partial charge in [-0.2, -0.15) is 5.10 Å². The number of nitrogens with zero attached hydrogens (tertiary/aromatic N) is 2. The lowest BCUT2D eigenvalue weighted by Gasteiger charge is -2.11. The normalized spacial score (nSPS) is 12.9. The molecule has 5 N–H and O–H groups in total. The van der Waals surface area contributed by atoms with Gasteiger partial charge >= 0.3 is 0 Å². The van der Waals surface area contributed by atoms with Crippen molar-refractivity contribution in [1.29, 1.82) is 0 Å². The van der Waals surface area contributed by atoms with E-state index in [1.807, 2.05) is 4.72 Å². The molecular formula is C25H25F2N5O7S2. The Hall–Kier alpha value is -3.83. The topological polar surface area (TPSA) is 191 Å². The summed E-state index contributed by atoms with van der Waals surface area (Å²) in [4.78, 5) is 17.3. The first kappa shape index (κ1) is 30.1. The van der Waals surface area contributed by atoms with Crippen molar-refractivity contribution in [2.75, 3.05) is 23.6 Å². The summed E-state index contributed by atoms with van der Waals surface area (Å²) in [5.74, 6) is -4.07. The number of aliphatic hydroxyl groups excluding tert-OH is 2. The first-order valence-electron chi connectivity index (χ1n) is 12.1. The number of anilines is 1. The minimum atomic E-state index is -3.98. The maximum absolute atomic E-state index is 15.2. The first-order chi connectivity index (χ1) is 19.4. The monoisotopic (exact) mass is 609 g/mol. The summed E-state index contributed by atoms with van der Waals surface area (Å²) in [6.45, 7) is 0.617.